The zero-order chi connectivity index (χ0) is 16.4. The third-order valence-electron chi connectivity index (χ3n) is 4.27. The first kappa shape index (κ1) is 17.0. The average molecular weight is 355 g/mol. The Kier molecular flexibility index (Phi) is 5.05. The van der Waals surface area contributed by atoms with Gasteiger partial charge in [0.1, 0.15) is 5.82 Å². The van der Waals surface area contributed by atoms with Gasteiger partial charge in [-0.25, -0.2) is 9.79 Å². The van der Waals surface area contributed by atoms with Crippen molar-refractivity contribution in [2.45, 2.75) is 19.3 Å². The molecule has 2 aromatic carbocycles. The van der Waals surface area contributed by atoms with Gasteiger partial charge in [-0.05, 0) is 48.6 Å². The van der Waals surface area contributed by atoms with Gasteiger partial charge in [-0.15, -0.1) is 12.4 Å². The van der Waals surface area contributed by atoms with Crippen LogP contribution in [0.3, 0.4) is 0 Å². The van der Waals surface area contributed by atoms with Gasteiger partial charge in [0.05, 0.1) is 0 Å². The van der Waals surface area contributed by atoms with Crippen molar-refractivity contribution >= 4 is 36.0 Å². The molecule has 0 bridgehead atoms. The number of aryl methyl sites for hydroxylation is 2. The topological polar surface area (TPSA) is 65.5 Å². The Bertz CT molecular complexity index is 860. The summed E-state index contributed by atoms with van der Waals surface area (Å²) in [6, 6.07) is 13.6. The number of nitrogens with zero attached hydrogens (tertiary/aromatic N) is 1. The van der Waals surface area contributed by atoms with Crippen molar-refractivity contribution in [1.82, 2.24) is 5.32 Å². The van der Waals surface area contributed by atoms with E-state index in [4.69, 9.17) is 0 Å². The molecule has 1 aliphatic heterocycles. The molecule has 2 amide bonds. The summed E-state index contributed by atoms with van der Waals surface area (Å²) in [5.74, 6) is 0.463. The number of anilines is 2. The standard InChI is InChI=1S/C19H18N4O.ClH/c24-19(22-16-9-8-13-5-3-6-14(13)10-16)23-18-12-20-17-7-2-1-4-15(17)11-21-18;/h1-2,4,7-12,20H,3,5-6H2,(H2,22,23,24);1H. The number of nitrogens with one attached hydrogen (secondary N) is 3. The molecule has 0 fully saturated rings. The fraction of sp³-hybridized carbons (Fsp3) is 0.158. The van der Waals surface area contributed by atoms with E-state index in [2.05, 4.69) is 33.1 Å². The number of fused-ring (bicyclic) bond motifs is 2. The minimum Gasteiger partial charge on any atom is -0.358 e. The molecule has 3 N–H and O–H groups in total. The van der Waals surface area contributed by atoms with Crippen molar-refractivity contribution in [3.63, 3.8) is 0 Å². The molecular formula is C19H19ClN4O. The second-order valence-electron chi connectivity index (χ2n) is 5.94. The second-order valence-corrected chi connectivity index (χ2v) is 5.94. The Hall–Kier alpha value is -2.79. The molecule has 5 nitrogen and oxygen atoms in total. The summed E-state index contributed by atoms with van der Waals surface area (Å²) in [4.78, 5) is 16.5. The summed E-state index contributed by atoms with van der Waals surface area (Å²) in [5, 5.41) is 8.78. The Balaban J connectivity index is 0.00000182. The molecule has 0 saturated heterocycles. The van der Waals surface area contributed by atoms with Crippen molar-refractivity contribution < 1.29 is 4.79 Å². The van der Waals surface area contributed by atoms with Crippen LogP contribution in [0.2, 0.25) is 0 Å². The van der Waals surface area contributed by atoms with E-state index in [1.807, 2.05) is 30.3 Å². The smallest absolute Gasteiger partial charge is 0.324 e. The Morgan fingerprint density at radius 3 is 2.80 bits per heavy atom. The summed E-state index contributed by atoms with van der Waals surface area (Å²) in [6.07, 6.45) is 6.83. The van der Waals surface area contributed by atoms with Crippen LogP contribution >= 0.6 is 12.4 Å². The van der Waals surface area contributed by atoms with Crippen molar-refractivity contribution in [1.29, 1.82) is 0 Å². The van der Waals surface area contributed by atoms with Crippen molar-refractivity contribution in [3.8, 4) is 0 Å². The molecule has 0 atom stereocenters. The third kappa shape index (κ3) is 3.83. The minimum atomic E-state index is -0.302. The fourth-order valence-electron chi connectivity index (χ4n) is 3.06. The Labute approximate surface area is 152 Å². The van der Waals surface area contributed by atoms with Gasteiger partial charge in [-0.1, -0.05) is 24.3 Å². The van der Waals surface area contributed by atoms with E-state index in [-0.39, 0.29) is 18.4 Å². The predicted molar refractivity (Wildman–Crippen MR) is 104 cm³/mol. The van der Waals surface area contributed by atoms with Crippen molar-refractivity contribution in [2.75, 3.05) is 10.6 Å². The number of aliphatic imine (C=N–C) groups is 1. The maximum Gasteiger partial charge on any atom is 0.324 e. The number of para-hydroxylation sites is 1. The maximum absolute atomic E-state index is 12.2. The summed E-state index contributed by atoms with van der Waals surface area (Å²) >= 11 is 0. The number of hydrogen-bond donors (Lipinski definition) is 3. The molecule has 6 heteroatoms. The van der Waals surface area contributed by atoms with E-state index in [0.717, 1.165) is 29.8 Å². The quantitative estimate of drug-likeness (QED) is 0.761. The molecule has 0 saturated carbocycles. The number of carbonyl (C=O) groups is 1. The van der Waals surface area contributed by atoms with Gasteiger partial charge in [-0.3, -0.25) is 5.32 Å². The van der Waals surface area contributed by atoms with Crippen LogP contribution in [0, 0.1) is 0 Å². The normalized spacial score (nSPS) is 14.2. The largest absolute Gasteiger partial charge is 0.358 e. The van der Waals surface area contributed by atoms with Crippen LogP contribution < -0.4 is 16.0 Å². The molecule has 0 spiro atoms. The Morgan fingerprint density at radius 1 is 1.04 bits per heavy atom. The Morgan fingerprint density at radius 2 is 1.88 bits per heavy atom. The van der Waals surface area contributed by atoms with Crippen LogP contribution in [0.4, 0.5) is 16.2 Å². The highest BCUT2D eigenvalue weighted by Crippen LogP contribution is 2.24. The zero-order valence-electron chi connectivity index (χ0n) is 13.6. The molecule has 128 valence electrons. The first-order valence-corrected chi connectivity index (χ1v) is 8.07. The first-order chi connectivity index (χ1) is 11.8. The molecule has 4 rings (SSSR count). The van der Waals surface area contributed by atoms with Gasteiger partial charge >= 0.3 is 6.03 Å². The molecule has 0 unspecified atom stereocenters. The number of halogens is 1. The van der Waals surface area contributed by atoms with Gasteiger partial charge in [0, 0.05) is 29.4 Å². The van der Waals surface area contributed by atoms with Crippen molar-refractivity contribution in [3.05, 3.63) is 71.2 Å². The monoisotopic (exact) mass is 354 g/mol. The molecule has 1 aliphatic carbocycles. The zero-order valence-corrected chi connectivity index (χ0v) is 14.4. The highest BCUT2D eigenvalue weighted by Gasteiger charge is 2.12. The van der Waals surface area contributed by atoms with E-state index < -0.39 is 0 Å². The molecule has 0 radical (unpaired) electrons. The van der Waals surface area contributed by atoms with Gasteiger partial charge in [0.2, 0.25) is 0 Å². The van der Waals surface area contributed by atoms with Crippen LogP contribution in [0.5, 0.6) is 0 Å². The third-order valence-corrected chi connectivity index (χ3v) is 4.27. The second kappa shape index (κ2) is 7.40. The molecule has 2 aliphatic rings. The number of hydrogen-bond acceptors (Lipinski definition) is 3. The lowest BCUT2D eigenvalue weighted by atomic mass is 10.1. The lowest BCUT2D eigenvalue weighted by molar-refractivity contribution is 0.254. The number of benzene rings is 2. The predicted octanol–water partition coefficient (Wildman–Crippen LogP) is 4.06. The van der Waals surface area contributed by atoms with Gasteiger partial charge in [0.15, 0.2) is 0 Å². The van der Waals surface area contributed by atoms with Crippen LogP contribution in [0.25, 0.3) is 0 Å². The molecule has 25 heavy (non-hydrogen) atoms. The molecule has 1 heterocycles. The van der Waals surface area contributed by atoms with Crippen LogP contribution in [0.15, 0.2) is 59.5 Å². The van der Waals surface area contributed by atoms with Crippen LogP contribution in [0.1, 0.15) is 23.1 Å². The molecule has 0 aromatic heterocycles. The minimum absolute atomic E-state index is 0. The number of urea groups is 1. The van der Waals surface area contributed by atoms with E-state index in [0.29, 0.717) is 5.82 Å². The highest BCUT2D eigenvalue weighted by atomic mass is 35.5. The van der Waals surface area contributed by atoms with Crippen LogP contribution in [-0.2, 0) is 12.8 Å². The summed E-state index contributed by atoms with van der Waals surface area (Å²) in [6.45, 7) is 0. The van der Waals surface area contributed by atoms with Gasteiger partial charge < -0.3 is 10.6 Å². The lowest BCUT2D eigenvalue weighted by Crippen LogP contribution is -2.27. The summed E-state index contributed by atoms with van der Waals surface area (Å²) in [7, 11) is 0. The van der Waals surface area contributed by atoms with Gasteiger partial charge in [-0.2, -0.15) is 0 Å². The number of rotatable bonds is 2. The maximum atomic E-state index is 12.2. The summed E-state index contributed by atoms with van der Waals surface area (Å²) < 4.78 is 0. The van der Waals surface area contributed by atoms with Gasteiger partial charge in [0.25, 0.3) is 0 Å². The molecular weight excluding hydrogens is 336 g/mol. The fourth-order valence-corrected chi connectivity index (χ4v) is 3.06. The van der Waals surface area contributed by atoms with E-state index in [1.165, 1.54) is 17.5 Å². The van der Waals surface area contributed by atoms with Crippen LogP contribution in [-0.4, -0.2) is 12.2 Å². The SMILES string of the molecule is Cl.O=C(NC1=CNc2ccccc2C=N1)Nc1ccc2c(c1)CCC2. The average Bonchev–Trinajstić information content (AvgIpc) is 2.96. The van der Waals surface area contributed by atoms with E-state index in [9.17, 15) is 4.79 Å². The van der Waals surface area contributed by atoms with E-state index in [1.54, 1.807) is 12.4 Å². The highest BCUT2D eigenvalue weighted by molar-refractivity contribution is 5.92. The number of carbonyl (C=O) groups excluding carboxylic acids is 1. The first-order valence-electron chi connectivity index (χ1n) is 8.07. The summed E-state index contributed by atoms with van der Waals surface area (Å²) in [5.41, 5.74) is 5.46. The number of amides is 2. The van der Waals surface area contributed by atoms with Crippen molar-refractivity contribution in [2.24, 2.45) is 4.99 Å². The molecule has 2 aromatic rings. The van der Waals surface area contributed by atoms with E-state index >= 15 is 0 Å². The lowest BCUT2D eigenvalue weighted by Gasteiger charge is -2.09.